The number of methoxy groups -OCH3 is 1. The number of ether oxygens (including phenoxy) is 2. The Labute approximate surface area is 206 Å². The Kier molecular flexibility index (Phi) is 6.33. The van der Waals surface area contributed by atoms with Crippen LogP contribution in [0.5, 0.6) is 5.75 Å². The number of fused-ring (bicyclic) bond motifs is 4. The zero-order valence-electron chi connectivity index (χ0n) is 19.2. The second-order valence-electron chi connectivity index (χ2n) is 8.07. The van der Waals surface area contributed by atoms with E-state index < -0.39 is 18.0 Å². The van der Waals surface area contributed by atoms with E-state index in [1.54, 1.807) is 13.0 Å². The van der Waals surface area contributed by atoms with Crippen molar-refractivity contribution in [1.29, 1.82) is 0 Å². The van der Waals surface area contributed by atoms with Crippen LogP contribution in [-0.4, -0.2) is 30.8 Å². The van der Waals surface area contributed by atoms with E-state index in [0.29, 0.717) is 17.0 Å². The number of hydrogen-bond donors (Lipinski definition) is 1. The van der Waals surface area contributed by atoms with Gasteiger partial charge in [-0.05, 0) is 42.0 Å². The van der Waals surface area contributed by atoms with Crippen LogP contribution in [0, 0.1) is 0 Å². The second kappa shape index (κ2) is 9.72. The lowest BCUT2D eigenvalue weighted by Crippen LogP contribution is -2.30. The molecule has 1 N–H and O–H groups in total. The summed E-state index contributed by atoms with van der Waals surface area (Å²) in [6, 6.07) is 25.3. The molecule has 1 heterocycles. The minimum atomic E-state index is -0.976. The molecule has 6 nitrogen and oxygen atoms in total. The summed E-state index contributed by atoms with van der Waals surface area (Å²) in [7, 11) is 1.53. The van der Waals surface area contributed by atoms with Gasteiger partial charge in [-0.15, -0.1) is 11.8 Å². The number of benzene rings is 4. The molecule has 0 aliphatic carbocycles. The van der Waals surface area contributed by atoms with Crippen molar-refractivity contribution in [2.45, 2.75) is 17.9 Å². The smallest absolute Gasteiger partial charge is 0.317 e. The zero-order chi connectivity index (χ0) is 24.4. The fourth-order valence-electron chi connectivity index (χ4n) is 3.94. The number of rotatable bonds is 7. The van der Waals surface area contributed by atoms with Crippen molar-refractivity contribution in [1.82, 2.24) is 0 Å². The van der Waals surface area contributed by atoms with E-state index in [1.807, 2.05) is 72.8 Å². The predicted octanol–water partition coefficient (Wildman–Crippen LogP) is 6.41. The highest BCUT2D eigenvalue weighted by Gasteiger charge is 2.21. The summed E-state index contributed by atoms with van der Waals surface area (Å²) < 4.78 is 16.8. The van der Waals surface area contributed by atoms with Gasteiger partial charge in [0.25, 0.3) is 5.91 Å². The second-order valence-corrected chi connectivity index (χ2v) is 9.11. The Bertz CT molecular complexity index is 1560. The van der Waals surface area contributed by atoms with Crippen LogP contribution < -0.4 is 10.1 Å². The lowest BCUT2D eigenvalue weighted by molar-refractivity contribution is -0.150. The van der Waals surface area contributed by atoms with Gasteiger partial charge in [0, 0.05) is 21.7 Å². The Morgan fingerprint density at radius 2 is 1.69 bits per heavy atom. The molecule has 1 amide bonds. The van der Waals surface area contributed by atoms with Gasteiger partial charge in [0.2, 0.25) is 0 Å². The highest BCUT2D eigenvalue weighted by atomic mass is 32.2. The maximum atomic E-state index is 12.8. The number of para-hydroxylation sites is 1. The number of esters is 1. The summed E-state index contributed by atoms with van der Waals surface area (Å²) in [5.41, 5.74) is 1.82. The Morgan fingerprint density at radius 3 is 2.51 bits per heavy atom. The quantitative estimate of drug-likeness (QED) is 0.212. The molecule has 0 aliphatic rings. The first kappa shape index (κ1) is 22.8. The van der Waals surface area contributed by atoms with Gasteiger partial charge in [0.05, 0.1) is 18.6 Å². The molecule has 5 rings (SSSR count). The maximum Gasteiger partial charge on any atom is 0.317 e. The Morgan fingerprint density at radius 1 is 0.914 bits per heavy atom. The first-order chi connectivity index (χ1) is 17.0. The standard InChI is InChI=1S/C28H23NO5S/c1-17(33-27(30)16-35-20-12-11-18-7-3-4-8-19(18)13-20)28(31)29-23-15-25-22(14-26(23)32-2)21-9-5-6-10-24(21)34-25/h3-15,17H,16H2,1-2H3,(H,29,31). The fraction of sp³-hybridized carbons (Fsp3) is 0.143. The first-order valence-electron chi connectivity index (χ1n) is 11.1. The lowest BCUT2D eigenvalue weighted by Gasteiger charge is -2.15. The number of anilines is 1. The van der Waals surface area contributed by atoms with Crippen LogP contribution >= 0.6 is 11.8 Å². The van der Waals surface area contributed by atoms with E-state index in [0.717, 1.165) is 32.0 Å². The average Bonchev–Trinajstić information content (AvgIpc) is 3.24. The van der Waals surface area contributed by atoms with Crippen molar-refractivity contribution in [2.75, 3.05) is 18.2 Å². The van der Waals surface area contributed by atoms with E-state index in [1.165, 1.54) is 18.9 Å². The van der Waals surface area contributed by atoms with E-state index in [2.05, 4.69) is 5.32 Å². The molecule has 0 bridgehead atoms. The summed E-state index contributed by atoms with van der Waals surface area (Å²) in [5, 5.41) is 6.89. The normalized spacial score (nSPS) is 12.1. The van der Waals surface area contributed by atoms with Crippen molar-refractivity contribution >= 4 is 62.0 Å². The molecule has 0 saturated heterocycles. The molecule has 1 atom stereocenters. The third-order valence-electron chi connectivity index (χ3n) is 5.71. The summed E-state index contributed by atoms with van der Waals surface area (Å²) in [5.74, 6) is -0.333. The van der Waals surface area contributed by atoms with Gasteiger partial charge in [0.15, 0.2) is 6.10 Å². The van der Waals surface area contributed by atoms with Crippen LogP contribution in [0.1, 0.15) is 6.92 Å². The molecule has 1 aromatic heterocycles. The number of thioether (sulfide) groups is 1. The molecule has 176 valence electrons. The van der Waals surface area contributed by atoms with E-state index in [-0.39, 0.29) is 5.75 Å². The molecule has 0 aliphatic heterocycles. The molecule has 5 aromatic rings. The number of hydrogen-bond acceptors (Lipinski definition) is 6. The Hall–Kier alpha value is -3.97. The van der Waals surface area contributed by atoms with E-state index in [4.69, 9.17) is 13.9 Å². The Balaban J connectivity index is 1.23. The highest BCUT2D eigenvalue weighted by Crippen LogP contribution is 2.36. The van der Waals surface area contributed by atoms with Gasteiger partial charge >= 0.3 is 5.97 Å². The molecule has 0 radical (unpaired) electrons. The van der Waals surface area contributed by atoms with Crippen LogP contribution in [0.15, 0.2) is 88.2 Å². The van der Waals surface area contributed by atoms with Crippen LogP contribution in [0.4, 0.5) is 5.69 Å². The van der Waals surface area contributed by atoms with E-state index >= 15 is 0 Å². The summed E-state index contributed by atoms with van der Waals surface area (Å²) in [6.45, 7) is 1.54. The van der Waals surface area contributed by atoms with Gasteiger partial charge in [-0.1, -0.05) is 48.5 Å². The van der Waals surface area contributed by atoms with Crippen molar-refractivity contribution in [3.05, 3.63) is 78.9 Å². The van der Waals surface area contributed by atoms with Gasteiger partial charge in [-0.2, -0.15) is 0 Å². The maximum absolute atomic E-state index is 12.8. The topological polar surface area (TPSA) is 77.8 Å². The molecule has 0 saturated carbocycles. The first-order valence-corrected chi connectivity index (χ1v) is 12.1. The SMILES string of the molecule is COc1cc2c(cc1NC(=O)C(C)OC(=O)CSc1ccc3ccccc3c1)oc1ccccc12. The van der Waals surface area contributed by atoms with Gasteiger partial charge in [0.1, 0.15) is 16.9 Å². The number of carbonyl (C=O) groups is 2. The van der Waals surface area contributed by atoms with Gasteiger partial charge < -0.3 is 19.2 Å². The van der Waals surface area contributed by atoms with E-state index in [9.17, 15) is 9.59 Å². The lowest BCUT2D eigenvalue weighted by atomic mass is 10.1. The van der Waals surface area contributed by atoms with Crippen LogP contribution in [-0.2, 0) is 14.3 Å². The number of furan rings is 1. The molecular weight excluding hydrogens is 462 g/mol. The number of carbonyl (C=O) groups excluding carboxylic acids is 2. The zero-order valence-corrected chi connectivity index (χ0v) is 20.1. The van der Waals surface area contributed by atoms with Crippen molar-refractivity contribution in [3.63, 3.8) is 0 Å². The van der Waals surface area contributed by atoms with Crippen molar-refractivity contribution in [2.24, 2.45) is 0 Å². The fourth-order valence-corrected chi connectivity index (χ4v) is 4.66. The minimum absolute atomic E-state index is 0.101. The molecule has 1 unspecified atom stereocenters. The average molecular weight is 486 g/mol. The van der Waals surface area contributed by atoms with Crippen LogP contribution in [0.2, 0.25) is 0 Å². The molecule has 0 fully saturated rings. The molecular formula is C28H23NO5S. The monoisotopic (exact) mass is 485 g/mol. The minimum Gasteiger partial charge on any atom is -0.495 e. The largest absolute Gasteiger partial charge is 0.495 e. The summed E-state index contributed by atoms with van der Waals surface area (Å²) in [4.78, 5) is 26.1. The van der Waals surface area contributed by atoms with Crippen LogP contribution in [0.25, 0.3) is 32.7 Å². The third-order valence-corrected chi connectivity index (χ3v) is 6.68. The summed E-state index contributed by atoms with van der Waals surface area (Å²) >= 11 is 1.37. The predicted molar refractivity (Wildman–Crippen MR) is 139 cm³/mol. The molecule has 0 spiro atoms. The molecule has 4 aromatic carbocycles. The third kappa shape index (κ3) is 4.81. The van der Waals surface area contributed by atoms with Crippen LogP contribution in [0.3, 0.4) is 0 Å². The van der Waals surface area contributed by atoms with Gasteiger partial charge in [-0.25, -0.2) is 0 Å². The molecule has 35 heavy (non-hydrogen) atoms. The number of nitrogens with one attached hydrogen (secondary N) is 1. The number of amides is 1. The summed E-state index contributed by atoms with van der Waals surface area (Å²) in [6.07, 6.45) is -0.976. The molecule has 7 heteroatoms. The van der Waals surface area contributed by atoms with Crippen molar-refractivity contribution < 1.29 is 23.5 Å². The van der Waals surface area contributed by atoms with Gasteiger partial charge in [-0.3, -0.25) is 9.59 Å². The highest BCUT2D eigenvalue weighted by molar-refractivity contribution is 8.00. The van der Waals surface area contributed by atoms with Crippen molar-refractivity contribution in [3.8, 4) is 5.75 Å².